The van der Waals surface area contributed by atoms with Crippen molar-refractivity contribution in [3.63, 3.8) is 0 Å². The maximum Gasteiger partial charge on any atom is 0.0223 e. The molecule has 0 aliphatic carbocycles. The highest BCUT2D eigenvalue weighted by molar-refractivity contribution is 4.93. The van der Waals surface area contributed by atoms with Gasteiger partial charge in [0.1, 0.15) is 0 Å². The van der Waals surface area contributed by atoms with Gasteiger partial charge in [0.2, 0.25) is 0 Å². The van der Waals surface area contributed by atoms with Gasteiger partial charge in [-0.3, -0.25) is 4.90 Å². The second-order valence-electron chi connectivity index (χ2n) is 7.13. The van der Waals surface area contributed by atoms with Crippen LogP contribution in [-0.4, -0.2) is 61.7 Å². The number of hydrogen-bond donors (Lipinski definition) is 1. The highest BCUT2D eigenvalue weighted by Gasteiger charge is 2.37. The minimum Gasteiger partial charge on any atom is -0.317 e. The van der Waals surface area contributed by atoms with E-state index in [2.05, 4.69) is 29.1 Å². The van der Waals surface area contributed by atoms with Crippen molar-refractivity contribution >= 4 is 0 Å². The molecule has 3 rings (SSSR count). The van der Waals surface area contributed by atoms with Crippen LogP contribution in [0.1, 0.15) is 39.0 Å². The molecule has 18 heavy (non-hydrogen) atoms. The number of nitrogens with one attached hydrogen (secondary N) is 1. The molecule has 3 nitrogen and oxygen atoms in total. The molecule has 0 amide bonds. The van der Waals surface area contributed by atoms with E-state index in [1.54, 1.807) is 0 Å². The van der Waals surface area contributed by atoms with Crippen LogP contribution in [0.5, 0.6) is 0 Å². The fraction of sp³-hybridized carbons (Fsp3) is 1.00. The Morgan fingerprint density at radius 3 is 2.61 bits per heavy atom. The molecular weight excluding hydrogens is 222 g/mol. The molecule has 0 aromatic carbocycles. The van der Waals surface area contributed by atoms with E-state index in [0.717, 1.165) is 12.1 Å². The van der Waals surface area contributed by atoms with Crippen LogP contribution in [0.4, 0.5) is 0 Å². The summed E-state index contributed by atoms with van der Waals surface area (Å²) >= 11 is 0. The topological polar surface area (TPSA) is 18.5 Å². The Balaban J connectivity index is 1.60. The van der Waals surface area contributed by atoms with Crippen LogP contribution in [0.2, 0.25) is 0 Å². The first kappa shape index (κ1) is 12.9. The molecule has 3 saturated heterocycles. The van der Waals surface area contributed by atoms with Gasteiger partial charge in [-0.15, -0.1) is 0 Å². The molecule has 3 aliphatic heterocycles. The highest BCUT2D eigenvalue weighted by Crippen LogP contribution is 2.33. The van der Waals surface area contributed by atoms with E-state index in [0.29, 0.717) is 5.41 Å². The molecule has 3 fully saturated rings. The Morgan fingerprint density at radius 2 is 1.83 bits per heavy atom. The van der Waals surface area contributed by atoms with Gasteiger partial charge in [-0.1, -0.05) is 6.92 Å². The second-order valence-corrected chi connectivity index (χ2v) is 7.13. The summed E-state index contributed by atoms with van der Waals surface area (Å²) in [7, 11) is 2.35. The minimum atomic E-state index is 0.563. The van der Waals surface area contributed by atoms with Gasteiger partial charge < -0.3 is 10.2 Å². The molecule has 0 aromatic heterocycles. The van der Waals surface area contributed by atoms with Crippen molar-refractivity contribution in [3.8, 4) is 0 Å². The van der Waals surface area contributed by atoms with Gasteiger partial charge in [0, 0.05) is 25.2 Å². The third kappa shape index (κ3) is 2.59. The number of piperidine rings is 1. The van der Waals surface area contributed by atoms with E-state index in [1.165, 1.54) is 64.8 Å². The predicted molar refractivity (Wildman–Crippen MR) is 75.8 cm³/mol. The first-order chi connectivity index (χ1) is 8.66. The van der Waals surface area contributed by atoms with Gasteiger partial charge in [0.05, 0.1) is 0 Å². The third-order valence-corrected chi connectivity index (χ3v) is 5.65. The first-order valence-electron chi connectivity index (χ1n) is 7.81. The number of rotatable bonds is 2. The van der Waals surface area contributed by atoms with Gasteiger partial charge in [0.15, 0.2) is 0 Å². The van der Waals surface area contributed by atoms with E-state index in [1.807, 2.05) is 0 Å². The summed E-state index contributed by atoms with van der Waals surface area (Å²) in [6.45, 7) is 8.91. The summed E-state index contributed by atoms with van der Waals surface area (Å²) in [6, 6.07) is 1.71. The molecule has 1 N–H and O–H groups in total. The average Bonchev–Trinajstić information content (AvgIpc) is 2.59. The lowest BCUT2D eigenvalue weighted by atomic mass is 9.80. The monoisotopic (exact) mass is 251 g/mol. The van der Waals surface area contributed by atoms with Crippen molar-refractivity contribution in [2.75, 3.05) is 39.8 Å². The van der Waals surface area contributed by atoms with Gasteiger partial charge in [-0.2, -0.15) is 0 Å². The van der Waals surface area contributed by atoms with E-state index in [-0.39, 0.29) is 0 Å². The summed E-state index contributed by atoms with van der Waals surface area (Å²) in [5, 5.41) is 3.50. The van der Waals surface area contributed by atoms with Crippen molar-refractivity contribution in [1.29, 1.82) is 0 Å². The zero-order chi connectivity index (χ0) is 12.6. The average molecular weight is 251 g/mol. The zero-order valence-electron chi connectivity index (χ0n) is 12.1. The molecule has 104 valence electrons. The Labute approximate surface area is 112 Å². The molecule has 2 atom stereocenters. The van der Waals surface area contributed by atoms with E-state index >= 15 is 0 Å². The van der Waals surface area contributed by atoms with Gasteiger partial charge in [-0.05, 0) is 64.2 Å². The van der Waals surface area contributed by atoms with Crippen LogP contribution in [0.15, 0.2) is 0 Å². The van der Waals surface area contributed by atoms with Crippen molar-refractivity contribution in [2.24, 2.45) is 5.41 Å². The SMILES string of the molecule is CN1C2CCC1CN(CC1(C)CCNCC1)CC2. The molecule has 2 unspecified atom stereocenters. The fourth-order valence-electron chi connectivity index (χ4n) is 4.25. The van der Waals surface area contributed by atoms with E-state index < -0.39 is 0 Å². The summed E-state index contributed by atoms with van der Waals surface area (Å²) in [4.78, 5) is 5.43. The van der Waals surface area contributed by atoms with Crippen molar-refractivity contribution in [2.45, 2.75) is 51.1 Å². The van der Waals surface area contributed by atoms with Crippen LogP contribution < -0.4 is 5.32 Å². The summed E-state index contributed by atoms with van der Waals surface area (Å²) in [5.41, 5.74) is 0.563. The minimum absolute atomic E-state index is 0.563. The van der Waals surface area contributed by atoms with Crippen LogP contribution in [0, 0.1) is 5.41 Å². The summed E-state index contributed by atoms with van der Waals surface area (Å²) < 4.78 is 0. The lowest BCUT2D eigenvalue weighted by Gasteiger charge is -2.39. The normalized spacial score (nSPS) is 37.7. The maximum absolute atomic E-state index is 3.50. The van der Waals surface area contributed by atoms with Crippen LogP contribution in [-0.2, 0) is 0 Å². The third-order valence-electron chi connectivity index (χ3n) is 5.65. The van der Waals surface area contributed by atoms with Crippen molar-refractivity contribution < 1.29 is 0 Å². The van der Waals surface area contributed by atoms with Crippen molar-refractivity contribution in [1.82, 2.24) is 15.1 Å². The zero-order valence-corrected chi connectivity index (χ0v) is 12.1. The second kappa shape index (κ2) is 5.10. The molecule has 0 aromatic rings. The number of likely N-dealkylation sites (N-methyl/N-ethyl adjacent to an activating group) is 1. The number of nitrogens with zero attached hydrogens (tertiary/aromatic N) is 2. The summed E-state index contributed by atoms with van der Waals surface area (Å²) in [5.74, 6) is 0. The number of likely N-dealkylation sites (tertiary alicyclic amines) is 1. The Morgan fingerprint density at radius 1 is 1.11 bits per heavy atom. The van der Waals surface area contributed by atoms with Gasteiger partial charge in [0.25, 0.3) is 0 Å². The van der Waals surface area contributed by atoms with Crippen LogP contribution >= 0.6 is 0 Å². The van der Waals surface area contributed by atoms with E-state index in [9.17, 15) is 0 Å². The van der Waals surface area contributed by atoms with Crippen LogP contribution in [0.3, 0.4) is 0 Å². The van der Waals surface area contributed by atoms with Gasteiger partial charge in [-0.25, -0.2) is 0 Å². The Bertz CT molecular complexity index is 285. The Kier molecular flexibility index (Phi) is 3.65. The van der Waals surface area contributed by atoms with Gasteiger partial charge >= 0.3 is 0 Å². The number of fused-ring (bicyclic) bond motifs is 2. The standard InChI is InChI=1S/C15H29N3/c1-15(6-8-16-9-7-15)12-18-10-5-13-3-4-14(11-18)17(13)2/h13-14,16H,3-12H2,1-2H3. The summed E-state index contributed by atoms with van der Waals surface area (Å²) in [6.07, 6.45) is 6.97. The lowest BCUT2D eigenvalue weighted by Crippen LogP contribution is -2.45. The predicted octanol–water partition coefficient (Wildman–Crippen LogP) is 1.54. The fourth-order valence-corrected chi connectivity index (χ4v) is 4.25. The molecular formula is C15H29N3. The largest absolute Gasteiger partial charge is 0.317 e. The molecule has 3 heterocycles. The quantitative estimate of drug-likeness (QED) is 0.803. The molecule has 3 aliphatic rings. The number of hydrogen-bond acceptors (Lipinski definition) is 3. The lowest BCUT2D eigenvalue weighted by molar-refractivity contribution is 0.119. The molecule has 0 saturated carbocycles. The Hall–Kier alpha value is -0.120. The molecule has 3 heteroatoms. The maximum atomic E-state index is 3.50. The molecule has 0 spiro atoms. The first-order valence-corrected chi connectivity index (χ1v) is 7.81. The molecule has 0 radical (unpaired) electrons. The smallest absolute Gasteiger partial charge is 0.0223 e. The molecule has 2 bridgehead atoms. The van der Waals surface area contributed by atoms with Crippen molar-refractivity contribution in [3.05, 3.63) is 0 Å². The van der Waals surface area contributed by atoms with E-state index in [4.69, 9.17) is 0 Å². The van der Waals surface area contributed by atoms with Crippen LogP contribution in [0.25, 0.3) is 0 Å². The highest BCUT2D eigenvalue weighted by atomic mass is 15.3.